The van der Waals surface area contributed by atoms with Gasteiger partial charge < -0.3 is 15.2 Å². The van der Waals surface area contributed by atoms with Crippen molar-refractivity contribution in [3.05, 3.63) is 47.8 Å². The van der Waals surface area contributed by atoms with E-state index < -0.39 is 5.60 Å². The second kappa shape index (κ2) is 6.15. The minimum atomic E-state index is -0.954. The van der Waals surface area contributed by atoms with Crippen LogP contribution in [-0.2, 0) is 12.6 Å². The monoisotopic (exact) mass is 341 g/mol. The van der Waals surface area contributed by atoms with Crippen LogP contribution in [0.15, 0.2) is 36.7 Å². The van der Waals surface area contributed by atoms with Gasteiger partial charge in [0, 0.05) is 43.4 Å². The number of nitrogens with one attached hydrogen (secondary N) is 1. The SMILES string of the molecule is Cn1cc(C(C)(O)CNC2CC3(CCCC3)Oc3ccccc32)cn1. The second-order valence-corrected chi connectivity index (χ2v) is 7.84. The van der Waals surface area contributed by atoms with Crippen LogP contribution in [0.2, 0.25) is 0 Å². The summed E-state index contributed by atoms with van der Waals surface area (Å²) in [5.41, 5.74) is 1.04. The summed E-state index contributed by atoms with van der Waals surface area (Å²) in [5.74, 6) is 0.995. The Bertz CT molecular complexity index is 747. The van der Waals surface area contributed by atoms with Crippen molar-refractivity contribution in [2.45, 2.75) is 56.3 Å². The summed E-state index contributed by atoms with van der Waals surface area (Å²) in [6.07, 6.45) is 9.30. The molecule has 1 fully saturated rings. The van der Waals surface area contributed by atoms with Crippen LogP contribution < -0.4 is 10.1 Å². The van der Waals surface area contributed by atoms with Gasteiger partial charge in [-0.25, -0.2) is 0 Å². The number of ether oxygens (including phenoxy) is 1. The molecule has 0 radical (unpaired) electrons. The first kappa shape index (κ1) is 16.6. The molecule has 134 valence electrons. The fourth-order valence-electron chi connectivity index (χ4n) is 4.25. The van der Waals surface area contributed by atoms with Crippen molar-refractivity contribution in [3.8, 4) is 5.75 Å². The molecule has 1 spiro atoms. The summed E-state index contributed by atoms with van der Waals surface area (Å²) < 4.78 is 8.14. The predicted octanol–water partition coefficient (Wildman–Crippen LogP) is 3.05. The van der Waals surface area contributed by atoms with Gasteiger partial charge in [0.25, 0.3) is 0 Å². The molecule has 2 unspecified atom stereocenters. The first-order valence-corrected chi connectivity index (χ1v) is 9.20. The lowest BCUT2D eigenvalue weighted by molar-refractivity contribution is 0.0215. The molecule has 4 rings (SSSR count). The van der Waals surface area contributed by atoms with Crippen molar-refractivity contribution < 1.29 is 9.84 Å². The van der Waals surface area contributed by atoms with Gasteiger partial charge in [0.2, 0.25) is 0 Å². The Hall–Kier alpha value is -1.85. The third kappa shape index (κ3) is 3.18. The van der Waals surface area contributed by atoms with E-state index in [-0.39, 0.29) is 11.6 Å². The quantitative estimate of drug-likeness (QED) is 0.897. The molecule has 0 bridgehead atoms. The third-order valence-electron chi connectivity index (χ3n) is 5.73. The molecule has 2 aliphatic rings. The molecule has 5 heteroatoms. The van der Waals surface area contributed by atoms with Crippen molar-refractivity contribution in [1.29, 1.82) is 0 Å². The second-order valence-electron chi connectivity index (χ2n) is 7.84. The van der Waals surface area contributed by atoms with Gasteiger partial charge in [0.05, 0.1) is 6.20 Å². The molecule has 0 amide bonds. The Kier molecular flexibility index (Phi) is 4.08. The number of nitrogens with zero attached hydrogens (tertiary/aromatic N) is 2. The molecule has 1 aromatic carbocycles. The number of hydrogen-bond donors (Lipinski definition) is 2. The largest absolute Gasteiger partial charge is 0.487 e. The molecule has 25 heavy (non-hydrogen) atoms. The first-order valence-electron chi connectivity index (χ1n) is 9.20. The predicted molar refractivity (Wildman–Crippen MR) is 96.4 cm³/mol. The average Bonchev–Trinajstić information content (AvgIpc) is 3.22. The zero-order chi connectivity index (χ0) is 17.5. The van der Waals surface area contributed by atoms with Crippen molar-refractivity contribution >= 4 is 0 Å². The van der Waals surface area contributed by atoms with Crippen molar-refractivity contribution in [2.24, 2.45) is 7.05 Å². The number of para-hydroxylation sites is 1. The van der Waals surface area contributed by atoms with E-state index in [9.17, 15) is 5.11 Å². The van der Waals surface area contributed by atoms with Gasteiger partial charge in [-0.15, -0.1) is 0 Å². The van der Waals surface area contributed by atoms with E-state index in [4.69, 9.17) is 4.74 Å². The first-order chi connectivity index (χ1) is 12.0. The molecule has 1 saturated carbocycles. The number of fused-ring (bicyclic) bond motifs is 1. The van der Waals surface area contributed by atoms with E-state index in [0.29, 0.717) is 6.54 Å². The van der Waals surface area contributed by atoms with E-state index in [0.717, 1.165) is 30.6 Å². The zero-order valence-electron chi connectivity index (χ0n) is 15.0. The van der Waals surface area contributed by atoms with Crippen LogP contribution in [0.5, 0.6) is 5.75 Å². The number of aliphatic hydroxyl groups is 1. The molecular weight excluding hydrogens is 314 g/mol. The number of benzene rings is 1. The summed E-state index contributed by atoms with van der Waals surface area (Å²) in [7, 11) is 1.87. The van der Waals surface area contributed by atoms with Crippen LogP contribution in [0.1, 0.15) is 56.2 Å². The summed E-state index contributed by atoms with van der Waals surface area (Å²) in [6, 6.07) is 8.50. The summed E-state index contributed by atoms with van der Waals surface area (Å²) in [5, 5.41) is 18.7. The van der Waals surface area contributed by atoms with Crippen LogP contribution in [-0.4, -0.2) is 27.0 Å². The summed E-state index contributed by atoms with van der Waals surface area (Å²) in [6.45, 7) is 2.32. The standard InChI is InChI=1S/C20H27N3O2/c1-19(24,15-12-22-23(2)13-15)14-21-17-11-20(9-5-6-10-20)25-18-8-4-3-7-16(17)18/h3-4,7-8,12-13,17,21,24H,5-6,9-11,14H2,1-2H3. The maximum absolute atomic E-state index is 10.9. The Morgan fingerprint density at radius 2 is 2.12 bits per heavy atom. The lowest BCUT2D eigenvalue weighted by atomic mass is 9.85. The van der Waals surface area contributed by atoms with Gasteiger partial charge in [-0.1, -0.05) is 18.2 Å². The molecule has 2 N–H and O–H groups in total. The van der Waals surface area contributed by atoms with Crippen LogP contribution >= 0.6 is 0 Å². The van der Waals surface area contributed by atoms with Crippen LogP contribution in [0.4, 0.5) is 0 Å². The summed E-state index contributed by atoms with van der Waals surface area (Å²) >= 11 is 0. The molecule has 2 atom stereocenters. The molecular formula is C20H27N3O2. The highest BCUT2D eigenvalue weighted by Crippen LogP contribution is 2.47. The van der Waals surface area contributed by atoms with Gasteiger partial charge in [-0.2, -0.15) is 5.10 Å². The normalized spacial score (nSPS) is 23.9. The van der Waals surface area contributed by atoms with Crippen molar-refractivity contribution in [1.82, 2.24) is 15.1 Å². The lowest BCUT2D eigenvalue weighted by Crippen LogP contribution is -2.45. The van der Waals surface area contributed by atoms with Crippen LogP contribution in [0, 0.1) is 0 Å². The molecule has 5 nitrogen and oxygen atoms in total. The fourth-order valence-corrected chi connectivity index (χ4v) is 4.25. The number of hydrogen-bond acceptors (Lipinski definition) is 4. The van der Waals surface area contributed by atoms with E-state index in [2.05, 4.69) is 28.6 Å². The molecule has 1 aliphatic carbocycles. The van der Waals surface area contributed by atoms with Gasteiger partial charge in [-0.05, 0) is 38.7 Å². The highest BCUT2D eigenvalue weighted by atomic mass is 16.5. The van der Waals surface area contributed by atoms with Crippen molar-refractivity contribution in [3.63, 3.8) is 0 Å². The molecule has 0 saturated heterocycles. The number of aryl methyl sites for hydroxylation is 1. The zero-order valence-corrected chi connectivity index (χ0v) is 15.0. The van der Waals surface area contributed by atoms with Gasteiger partial charge in [0.1, 0.15) is 17.0 Å². The maximum Gasteiger partial charge on any atom is 0.124 e. The smallest absolute Gasteiger partial charge is 0.124 e. The molecule has 2 heterocycles. The number of rotatable bonds is 4. The highest BCUT2D eigenvalue weighted by molar-refractivity contribution is 5.39. The topological polar surface area (TPSA) is 59.3 Å². The minimum absolute atomic E-state index is 0.0355. The van der Waals surface area contributed by atoms with E-state index in [1.807, 2.05) is 26.2 Å². The average molecular weight is 341 g/mol. The van der Waals surface area contributed by atoms with Crippen LogP contribution in [0.3, 0.4) is 0 Å². The lowest BCUT2D eigenvalue weighted by Gasteiger charge is -2.41. The van der Waals surface area contributed by atoms with Gasteiger partial charge in [-0.3, -0.25) is 4.68 Å². The Labute approximate surface area is 149 Å². The molecule has 1 aromatic heterocycles. The Morgan fingerprint density at radius 3 is 2.84 bits per heavy atom. The van der Waals surface area contributed by atoms with E-state index >= 15 is 0 Å². The number of aromatic nitrogens is 2. The highest BCUT2D eigenvalue weighted by Gasteiger charge is 2.43. The van der Waals surface area contributed by atoms with Crippen molar-refractivity contribution in [2.75, 3.05) is 6.54 Å². The third-order valence-corrected chi connectivity index (χ3v) is 5.73. The Morgan fingerprint density at radius 1 is 1.36 bits per heavy atom. The van der Waals surface area contributed by atoms with Gasteiger partial charge >= 0.3 is 0 Å². The Balaban J connectivity index is 1.54. The molecule has 2 aromatic rings. The maximum atomic E-state index is 10.9. The van der Waals surface area contributed by atoms with E-state index in [1.54, 1.807) is 10.9 Å². The van der Waals surface area contributed by atoms with Gasteiger partial charge in [0.15, 0.2) is 0 Å². The summed E-state index contributed by atoms with van der Waals surface area (Å²) in [4.78, 5) is 0. The fraction of sp³-hybridized carbons (Fsp3) is 0.550. The molecule has 1 aliphatic heterocycles. The van der Waals surface area contributed by atoms with Crippen LogP contribution in [0.25, 0.3) is 0 Å². The minimum Gasteiger partial charge on any atom is -0.487 e. The van der Waals surface area contributed by atoms with E-state index in [1.165, 1.54) is 18.4 Å².